The molecule has 0 fully saturated rings. The topological polar surface area (TPSA) is 89.3 Å². The molecule has 5 nitrogen and oxygen atoms in total. The van der Waals surface area contributed by atoms with E-state index in [1.165, 1.54) is 0 Å². The number of nitrogen functional groups attached to an aromatic ring is 1. The van der Waals surface area contributed by atoms with Crippen molar-refractivity contribution in [2.75, 3.05) is 11.1 Å². The minimum Gasteiger partial charge on any atom is -0.399 e. The molecule has 2 rings (SSSR count). The summed E-state index contributed by atoms with van der Waals surface area (Å²) < 4.78 is 49.9. The van der Waals surface area contributed by atoms with Gasteiger partial charge in [-0.3, -0.25) is 4.79 Å². The second-order valence-corrected chi connectivity index (χ2v) is 5.45. The first-order valence-electron chi connectivity index (χ1n) is 8.14. The number of carbonyl (C=O) groups excluding carboxylic acids is 3. The van der Waals surface area contributed by atoms with Crippen molar-refractivity contribution in [3.05, 3.63) is 59.7 Å². The van der Waals surface area contributed by atoms with Crippen LogP contribution in [-0.2, 0) is 14.4 Å². The molecule has 2 aromatic carbocycles. The number of rotatable bonds is 4. The van der Waals surface area contributed by atoms with Crippen molar-refractivity contribution in [2.45, 2.75) is 26.7 Å². The van der Waals surface area contributed by atoms with Gasteiger partial charge in [0.15, 0.2) is 0 Å². The maximum absolute atomic E-state index is 12.9. The molecule has 0 saturated carbocycles. The molecular weight excluding hydrogens is 380 g/mol. The highest BCUT2D eigenvalue weighted by Crippen LogP contribution is 2.16. The van der Waals surface area contributed by atoms with Gasteiger partial charge in [-0.1, -0.05) is 13.8 Å². The molecule has 1 amide bonds. The Labute approximate surface area is 159 Å². The molecule has 28 heavy (non-hydrogen) atoms. The Hall–Kier alpha value is -3.19. The zero-order valence-electron chi connectivity index (χ0n) is 15.3. The summed E-state index contributed by atoms with van der Waals surface area (Å²) in [7, 11) is 0. The maximum Gasteiger partial charge on any atom is 0.373 e. The summed E-state index contributed by atoms with van der Waals surface area (Å²) in [5.74, 6) is -3.00. The predicted octanol–water partition coefficient (Wildman–Crippen LogP) is 4.30. The van der Waals surface area contributed by atoms with E-state index in [9.17, 15) is 22.4 Å². The molecule has 0 radical (unpaired) electrons. The molecule has 0 aliphatic rings. The van der Waals surface area contributed by atoms with E-state index in [2.05, 4.69) is 5.32 Å². The Morgan fingerprint density at radius 1 is 0.893 bits per heavy atom. The predicted molar refractivity (Wildman–Crippen MR) is 94.8 cm³/mol. The summed E-state index contributed by atoms with van der Waals surface area (Å²) in [5, 5.41) is 2.51. The standard InChI is InChI=1S/C12H15F2NO.C6H5F2N.CO2/c1-3-8(4-2)12(16)15-11-6-9(13)5-10(14)7-11;7-4-1-5(8)3-6(9)2-4;2-1-3/h5-8H,3-4H2,1-2H3,(H,15,16);1-3H,9H2;. The first-order chi connectivity index (χ1) is 13.2. The molecule has 2 aromatic rings. The van der Waals surface area contributed by atoms with Crippen LogP contribution in [-0.4, -0.2) is 12.1 Å². The third kappa shape index (κ3) is 10.1. The van der Waals surface area contributed by atoms with Crippen molar-refractivity contribution < 1.29 is 31.9 Å². The van der Waals surface area contributed by atoms with Crippen LogP contribution in [0.15, 0.2) is 36.4 Å². The van der Waals surface area contributed by atoms with Gasteiger partial charge in [-0.15, -0.1) is 0 Å². The molecular formula is C19H20F4N2O3. The molecule has 9 heteroatoms. The van der Waals surface area contributed by atoms with E-state index in [4.69, 9.17) is 15.3 Å². The van der Waals surface area contributed by atoms with E-state index in [-0.39, 0.29) is 29.4 Å². The zero-order valence-corrected chi connectivity index (χ0v) is 15.3. The highest BCUT2D eigenvalue weighted by molar-refractivity contribution is 5.92. The Bertz CT molecular complexity index is 735. The van der Waals surface area contributed by atoms with Crippen molar-refractivity contribution in [1.82, 2.24) is 0 Å². The maximum atomic E-state index is 12.9. The van der Waals surface area contributed by atoms with Crippen molar-refractivity contribution in [2.24, 2.45) is 5.92 Å². The van der Waals surface area contributed by atoms with Gasteiger partial charge in [-0.05, 0) is 37.1 Å². The van der Waals surface area contributed by atoms with Gasteiger partial charge in [0.25, 0.3) is 0 Å². The van der Waals surface area contributed by atoms with Crippen molar-refractivity contribution in [3.63, 3.8) is 0 Å². The Morgan fingerprint density at radius 3 is 1.57 bits per heavy atom. The average molecular weight is 400 g/mol. The Kier molecular flexibility index (Phi) is 11.6. The van der Waals surface area contributed by atoms with E-state index in [1.54, 1.807) is 0 Å². The lowest BCUT2D eigenvalue weighted by Crippen LogP contribution is -2.21. The van der Waals surface area contributed by atoms with Gasteiger partial charge >= 0.3 is 6.15 Å². The number of halogens is 4. The van der Waals surface area contributed by atoms with Crippen molar-refractivity contribution in [3.8, 4) is 0 Å². The van der Waals surface area contributed by atoms with Crippen LogP contribution < -0.4 is 11.1 Å². The number of amides is 1. The smallest absolute Gasteiger partial charge is 0.373 e. The highest BCUT2D eigenvalue weighted by atomic mass is 19.1. The van der Waals surface area contributed by atoms with E-state index in [0.29, 0.717) is 12.8 Å². The van der Waals surface area contributed by atoms with Crippen LogP contribution in [0, 0.1) is 29.2 Å². The molecule has 0 atom stereocenters. The summed E-state index contributed by atoms with van der Waals surface area (Å²) in [6.07, 6.45) is 1.67. The normalized spacial score (nSPS) is 9.39. The van der Waals surface area contributed by atoms with E-state index >= 15 is 0 Å². The Balaban J connectivity index is 0.000000509. The van der Waals surface area contributed by atoms with Gasteiger partial charge < -0.3 is 11.1 Å². The second kappa shape index (κ2) is 13.1. The van der Waals surface area contributed by atoms with Crippen LogP contribution in [0.4, 0.5) is 28.9 Å². The SMILES string of the molecule is CCC(CC)C(=O)Nc1cc(F)cc(F)c1.Nc1cc(F)cc(F)c1.O=C=O. The summed E-state index contributed by atoms with van der Waals surface area (Å²) in [4.78, 5) is 27.9. The molecule has 0 aliphatic carbocycles. The summed E-state index contributed by atoms with van der Waals surface area (Å²) in [6, 6.07) is 5.86. The molecule has 0 heterocycles. The van der Waals surface area contributed by atoms with Crippen LogP contribution in [0.5, 0.6) is 0 Å². The minimum atomic E-state index is -0.695. The molecule has 0 unspecified atom stereocenters. The largest absolute Gasteiger partial charge is 0.399 e. The van der Waals surface area contributed by atoms with E-state index in [0.717, 1.165) is 36.4 Å². The lowest BCUT2D eigenvalue weighted by atomic mass is 10.0. The lowest BCUT2D eigenvalue weighted by molar-refractivity contribution is -0.191. The van der Waals surface area contributed by atoms with Crippen LogP contribution in [0.25, 0.3) is 0 Å². The van der Waals surface area contributed by atoms with Crippen LogP contribution in [0.3, 0.4) is 0 Å². The van der Waals surface area contributed by atoms with Crippen molar-refractivity contribution in [1.29, 1.82) is 0 Å². The first-order valence-corrected chi connectivity index (χ1v) is 8.14. The van der Waals surface area contributed by atoms with Gasteiger partial charge in [-0.2, -0.15) is 9.59 Å². The van der Waals surface area contributed by atoms with Gasteiger partial charge in [0.05, 0.1) is 0 Å². The fourth-order valence-electron chi connectivity index (χ4n) is 2.10. The summed E-state index contributed by atoms with van der Waals surface area (Å²) in [6.45, 7) is 3.81. The average Bonchev–Trinajstić information content (AvgIpc) is 2.55. The van der Waals surface area contributed by atoms with Gasteiger partial charge in [0.1, 0.15) is 23.3 Å². The molecule has 0 bridgehead atoms. The quantitative estimate of drug-likeness (QED) is 0.591. The lowest BCUT2D eigenvalue weighted by Gasteiger charge is -2.12. The monoisotopic (exact) mass is 400 g/mol. The number of anilines is 2. The fraction of sp³-hybridized carbons (Fsp3) is 0.263. The molecule has 0 aromatic heterocycles. The number of benzene rings is 2. The Morgan fingerprint density at radius 2 is 1.25 bits per heavy atom. The summed E-state index contributed by atoms with van der Waals surface area (Å²) >= 11 is 0. The third-order valence-corrected chi connectivity index (χ3v) is 3.37. The fourth-order valence-corrected chi connectivity index (χ4v) is 2.10. The number of hydrogen-bond acceptors (Lipinski definition) is 4. The minimum absolute atomic E-state index is 0.104. The van der Waals surface area contributed by atoms with Crippen LogP contribution in [0.2, 0.25) is 0 Å². The van der Waals surface area contributed by atoms with Crippen LogP contribution in [0.1, 0.15) is 26.7 Å². The third-order valence-electron chi connectivity index (χ3n) is 3.37. The molecule has 0 saturated heterocycles. The molecule has 0 spiro atoms. The van der Waals surface area contributed by atoms with E-state index < -0.39 is 23.3 Å². The molecule has 152 valence electrons. The van der Waals surface area contributed by atoms with E-state index in [1.807, 2.05) is 13.8 Å². The number of hydrogen-bond donors (Lipinski definition) is 2. The number of carbonyl (C=O) groups is 1. The number of nitrogens with two attached hydrogens (primary N) is 1. The van der Waals surface area contributed by atoms with Gasteiger partial charge in [-0.25, -0.2) is 17.6 Å². The molecule has 3 N–H and O–H groups in total. The van der Waals surface area contributed by atoms with Gasteiger partial charge in [0, 0.05) is 29.4 Å². The second-order valence-electron chi connectivity index (χ2n) is 5.45. The highest BCUT2D eigenvalue weighted by Gasteiger charge is 2.14. The first kappa shape index (κ1) is 24.8. The number of nitrogens with one attached hydrogen (secondary N) is 1. The molecule has 0 aliphatic heterocycles. The zero-order chi connectivity index (χ0) is 21.7. The summed E-state index contributed by atoms with van der Waals surface area (Å²) in [5.41, 5.74) is 5.35. The van der Waals surface area contributed by atoms with Gasteiger partial charge in [0.2, 0.25) is 5.91 Å². The van der Waals surface area contributed by atoms with Crippen LogP contribution >= 0.6 is 0 Å². The van der Waals surface area contributed by atoms with Crippen molar-refractivity contribution >= 4 is 23.4 Å².